The van der Waals surface area contributed by atoms with E-state index in [1.165, 1.54) is 31.2 Å². The molecule has 0 unspecified atom stereocenters. The van der Waals surface area contributed by atoms with E-state index in [1.54, 1.807) is 4.47 Å². The standard InChI is InChI=1S/C16H13ISe/c1-11-6-8-12(9-7-11)16-15(17)14-5-3-2-4-13(14)10-18-16/h2-9H,10H2,1H3. The van der Waals surface area contributed by atoms with Crippen LogP contribution in [0.5, 0.6) is 0 Å². The Bertz CT molecular complexity index is 611. The first-order chi connectivity index (χ1) is 8.75. The second-order valence-corrected chi connectivity index (χ2v) is 7.60. The van der Waals surface area contributed by atoms with Gasteiger partial charge in [-0.05, 0) is 0 Å². The predicted molar refractivity (Wildman–Crippen MR) is 87.9 cm³/mol. The minimum atomic E-state index is 0.556. The van der Waals surface area contributed by atoms with E-state index in [0.717, 1.165) is 0 Å². The van der Waals surface area contributed by atoms with Gasteiger partial charge in [0.05, 0.1) is 0 Å². The van der Waals surface area contributed by atoms with Crippen molar-refractivity contribution >= 4 is 45.6 Å². The van der Waals surface area contributed by atoms with Crippen molar-refractivity contribution in [3.8, 4) is 0 Å². The fraction of sp³-hybridized carbons (Fsp3) is 0.125. The van der Waals surface area contributed by atoms with Crippen LogP contribution in [0.25, 0.3) is 8.05 Å². The van der Waals surface area contributed by atoms with Crippen LogP contribution in [0, 0.1) is 6.92 Å². The van der Waals surface area contributed by atoms with E-state index in [1.807, 2.05) is 0 Å². The van der Waals surface area contributed by atoms with Crippen LogP contribution >= 0.6 is 22.6 Å². The SMILES string of the molecule is Cc1ccc(C2=C(I)c3ccccc3C[Se]2)cc1. The van der Waals surface area contributed by atoms with Gasteiger partial charge in [-0.25, -0.2) is 0 Å². The Kier molecular flexibility index (Phi) is 3.60. The molecule has 0 bridgehead atoms. The summed E-state index contributed by atoms with van der Waals surface area (Å²) in [5.41, 5.74) is 5.68. The zero-order chi connectivity index (χ0) is 12.5. The molecular weight excluding hydrogens is 398 g/mol. The van der Waals surface area contributed by atoms with Crippen LogP contribution in [0.3, 0.4) is 0 Å². The van der Waals surface area contributed by atoms with Crippen LogP contribution in [-0.4, -0.2) is 15.0 Å². The molecule has 0 amide bonds. The van der Waals surface area contributed by atoms with Gasteiger partial charge in [0, 0.05) is 0 Å². The number of hydrogen-bond donors (Lipinski definition) is 0. The number of aryl methyl sites for hydroxylation is 1. The first kappa shape index (κ1) is 12.5. The Labute approximate surface area is 128 Å². The Morgan fingerprint density at radius 2 is 1.72 bits per heavy atom. The fourth-order valence-corrected chi connectivity index (χ4v) is 6.05. The van der Waals surface area contributed by atoms with E-state index >= 15 is 0 Å². The minimum absolute atomic E-state index is 0.556. The van der Waals surface area contributed by atoms with Crippen molar-refractivity contribution in [3.63, 3.8) is 0 Å². The normalized spacial score (nSPS) is 14.6. The molecule has 0 radical (unpaired) electrons. The van der Waals surface area contributed by atoms with Gasteiger partial charge in [0.1, 0.15) is 0 Å². The summed E-state index contributed by atoms with van der Waals surface area (Å²) in [5.74, 6) is 0. The molecule has 0 fully saturated rings. The first-order valence-corrected chi connectivity index (χ1v) is 9.08. The van der Waals surface area contributed by atoms with Crippen molar-refractivity contribution in [2.45, 2.75) is 12.2 Å². The number of halogens is 1. The molecule has 1 aliphatic rings. The number of rotatable bonds is 1. The maximum absolute atomic E-state index is 2.52. The summed E-state index contributed by atoms with van der Waals surface area (Å²) >= 11 is 3.07. The van der Waals surface area contributed by atoms with Gasteiger partial charge in [-0.3, -0.25) is 0 Å². The molecule has 0 saturated carbocycles. The molecule has 2 heteroatoms. The van der Waals surface area contributed by atoms with Crippen molar-refractivity contribution < 1.29 is 0 Å². The maximum atomic E-state index is 2.52. The summed E-state index contributed by atoms with van der Waals surface area (Å²) in [7, 11) is 0. The molecule has 0 atom stereocenters. The van der Waals surface area contributed by atoms with Gasteiger partial charge < -0.3 is 0 Å². The first-order valence-electron chi connectivity index (χ1n) is 5.93. The zero-order valence-corrected chi connectivity index (χ0v) is 14.0. The summed E-state index contributed by atoms with van der Waals surface area (Å²) in [6.07, 6.45) is 0. The van der Waals surface area contributed by atoms with Crippen molar-refractivity contribution in [2.24, 2.45) is 0 Å². The molecule has 1 aliphatic heterocycles. The number of fused-ring (bicyclic) bond motifs is 1. The van der Waals surface area contributed by atoms with Gasteiger partial charge in [-0.2, -0.15) is 0 Å². The molecule has 2 aromatic carbocycles. The molecule has 0 saturated heterocycles. The number of benzene rings is 2. The molecule has 0 aromatic heterocycles. The van der Waals surface area contributed by atoms with Crippen LogP contribution in [0.15, 0.2) is 48.5 Å². The summed E-state index contributed by atoms with van der Waals surface area (Å²) in [6, 6.07) is 17.8. The molecule has 1 heterocycles. The average molecular weight is 411 g/mol. The van der Waals surface area contributed by atoms with Crippen molar-refractivity contribution in [1.29, 1.82) is 0 Å². The van der Waals surface area contributed by atoms with Gasteiger partial charge in [0.25, 0.3) is 0 Å². The monoisotopic (exact) mass is 412 g/mol. The quantitative estimate of drug-likeness (QED) is 0.480. The topological polar surface area (TPSA) is 0 Å². The third-order valence-electron chi connectivity index (χ3n) is 3.14. The van der Waals surface area contributed by atoms with Crippen LogP contribution in [-0.2, 0) is 5.32 Å². The molecule has 0 N–H and O–H groups in total. The van der Waals surface area contributed by atoms with Crippen LogP contribution < -0.4 is 0 Å². The summed E-state index contributed by atoms with van der Waals surface area (Å²) in [6.45, 7) is 2.14. The van der Waals surface area contributed by atoms with Crippen LogP contribution in [0.1, 0.15) is 22.3 Å². The van der Waals surface area contributed by atoms with Crippen molar-refractivity contribution in [3.05, 3.63) is 70.8 Å². The van der Waals surface area contributed by atoms with Crippen molar-refractivity contribution in [2.75, 3.05) is 0 Å². The molecule has 2 aromatic rings. The summed E-state index contributed by atoms with van der Waals surface area (Å²) < 4.78 is 3.00. The van der Waals surface area contributed by atoms with E-state index < -0.39 is 0 Å². The Balaban J connectivity index is 2.11. The van der Waals surface area contributed by atoms with E-state index in [4.69, 9.17) is 0 Å². The Morgan fingerprint density at radius 3 is 2.50 bits per heavy atom. The van der Waals surface area contributed by atoms with Gasteiger partial charge in [-0.1, -0.05) is 0 Å². The average Bonchev–Trinajstić information content (AvgIpc) is 2.41. The Hall–Kier alpha value is -0.571. The van der Waals surface area contributed by atoms with Gasteiger partial charge >= 0.3 is 129 Å². The fourth-order valence-electron chi connectivity index (χ4n) is 2.11. The van der Waals surface area contributed by atoms with E-state index in [9.17, 15) is 0 Å². The molecule has 18 heavy (non-hydrogen) atoms. The van der Waals surface area contributed by atoms with E-state index in [-0.39, 0.29) is 0 Å². The second kappa shape index (κ2) is 5.20. The summed E-state index contributed by atoms with van der Waals surface area (Å²) in [5, 5.41) is 1.22. The molecule has 0 aliphatic carbocycles. The summed E-state index contributed by atoms with van der Waals surface area (Å²) in [4.78, 5) is 0. The van der Waals surface area contributed by atoms with E-state index in [2.05, 4.69) is 78.0 Å². The molecule has 3 rings (SSSR count). The van der Waals surface area contributed by atoms with Gasteiger partial charge in [0.2, 0.25) is 0 Å². The van der Waals surface area contributed by atoms with Crippen LogP contribution in [0.2, 0.25) is 0 Å². The van der Waals surface area contributed by atoms with Crippen molar-refractivity contribution in [1.82, 2.24) is 0 Å². The van der Waals surface area contributed by atoms with Gasteiger partial charge in [-0.15, -0.1) is 0 Å². The number of hydrogen-bond acceptors (Lipinski definition) is 0. The van der Waals surface area contributed by atoms with E-state index in [0.29, 0.717) is 15.0 Å². The third kappa shape index (κ3) is 2.29. The van der Waals surface area contributed by atoms with Gasteiger partial charge in [0.15, 0.2) is 0 Å². The predicted octanol–water partition coefficient (Wildman–Crippen LogP) is 4.47. The molecule has 90 valence electrons. The zero-order valence-electron chi connectivity index (χ0n) is 10.1. The molecule has 0 nitrogen and oxygen atoms in total. The molecular formula is C16H13ISe. The Morgan fingerprint density at radius 1 is 1.00 bits per heavy atom. The molecule has 0 spiro atoms. The van der Waals surface area contributed by atoms with Crippen LogP contribution in [0.4, 0.5) is 0 Å². The second-order valence-electron chi connectivity index (χ2n) is 4.45. The third-order valence-corrected chi connectivity index (χ3v) is 7.57.